The van der Waals surface area contributed by atoms with Crippen LogP contribution in [0.1, 0.15) is 12.5 Å². The summed E-state index contributed by atoms with van der Waals surface area (Å²) in [6.45, 7) is 2.55. The average Bonchev–Trinajstić information content (AvgIpc) is 2.30. The summed E-state index contributed by atoms with van der Waals surface area (Å²) in [5.41, 5.74) is 1.03. The first-order chi connectivity index (χ1) is 8.41. The molecule has 0 aromatic heterocycles. The van der Waals surface area contributed by atoms with Crippen LogP contribution in [0, 0.1) is 0 Å². The molecule has 1 unspecified atom stereocenters. The average molecular weight is 289 g/mol. The zero-order valence-electron chi connectivity index (χ0n) is 10.8. The van der Waals surface area contributed by atoms with Crippen LogP contribution in [-0.4, -0.2) is 37.5 Å². The third-order valence-electron chi connectivity index (χ3n) is 2.67. The highest BCUT2D eigenvalue weighted by Gasteiger charge is 2.13. The van der Waals surface area contributed by atoms with E-state index < -0.39 is 0 Å². The Bertz CT molecular complexity index is 421. The molecule has 1 atom stereocenters. The second-order valence-corrected chi connectivity index (χ2v) is 5.24. The third-order valence-corrected chi connectivity index (χ3v) is 3.26. The predicted molar refractivity (Wildman–Crippen MR) is 76.3 cm³/mol. The van der Waals surface area contributed by atoms with Crippen LogP contribution in [-0.2, 0) is 11.2 Å². The monoisotopic (exact) mass is 288 g/mol. The van der Waals surface area contributed by atoms with Crippen molar-refractivity contribution >= 4 is 29.1 Å². The summed E-state index contributed by atoms with van der Waals surface area (Å²) in [4.78, 5) is 13.2. The largest absolute Gasteiger partial charge is 0.347 e. The summed E-state index contributed by atoms with van der Waals surface area (Å²) < 4.78 is 0. The van der Waals surface area contributed by atoms with Crippen LogP contribution < -0.4 is 5.32 Å². The predicted octanol–water partition coefficient (Wildman–Crippen LogP) is 2.60. The Kier molecular flexibility index (Phi) is 5.93. The van der Waals surface area contributed by atoms with Gasteiger partial charge in [-0.15, -0.1) is 0 Å². The number of nitrogens with zero attached hydrogens (tertiary/aromatic N) is 1. The SMILES string of the molecule is CC(NCCc1ccc(Cl)cc1Cl)C(=O)N(C)C. The van der Waals surface area contributed by atoms with Crippen molar-refractivity contribution in [2.45, 2.75) is 19.4 Å². The van der Waals surface area contributed by atoms with E-state index in [1.165, 1.54) is 0 Å². The van der Waals surface area contributed by atoms with Gasteiger partial charge in [-0.1, -0.05) is 29.3 Å². The maximum atomic E-state index is 11.6. The lowest BCUT2D eigenvalue weighted by Gasteiger charge is -2.18. The van der Waals surface area contributed by atoms with Gasteiger partial charge in [0, 0.05) is 24.1 Å². The van der Waals surface area contributed by atoms with E-state index in [0.29, 0.717) is 16.6 Å². The molecule has 1 aromatic carbocycles. The molecule has 1 amide bonds. The summed E-state index contributed by atoms with van der Waals surface area (Å²) in [5, 5.41) is 4.47. The van der Waals surface area contributed by atoms with Crippen LogP contribution in [0.2, 0.25) is 10.0 Å². The Balaban J connectivity index is 2.44. The fraction of sp³-hybridized carbons (Fsp3) is 0.462. The summed E-state index contributed by atoms with van der Waals surface area (Å²) in [6, 6.07) is 5.26. The standard InChI is InChI=1S/C13H18Cl2N2O/c1-9(13(18)17(2)3)16-7-6-10-4-5-11(14)8-12(10)15/h4-5,8-9,16H,6-7H2,1-3H3. The van der Waals surface area contributed by atoms with Crippen LogP contribution in [0.15, 0.2) is 18.2 Å². The van der Waals surface area contributed by atoms with Crippen molar-refractivity contribution < 1.29 is 4.79 Å². The minimum absolute atomic E-state index is 0.0669. The molecule has 1 rings (SSSR count). The van der Waals surface area contributed by atoms with Crippen LogP contribution in [0.25, 0.3) is 0 Å². The summed E-state index contributed by atoms with van der Waals surface area (Å²) in [6.07, 6.45) is 0.765. The fourth-order valence-corrected chi connectivity index (χ4v) is 2.13. The number of hydrogen-bond donors (Lipinski definition) is 1. The number of carbonyl (C=O) groups excluding carboxylic acids is 1. The first kappa shape index (κ1) is 15.3. The second kappa shape index (κ2) is 6.98. The lowest BCUT2D eigenvalue weighted by molar-refractivity contribution is -0.130. The van der Waals surface area contributed by atoms with E-state index in [4.69, 9.17) is 23.2 Å². The molecular formula is C13H18Cl2N2O. The Morgan fingerprint density at radius 3 is 2.61 bits per heavy atom. The molecule has 100 valence electrons. The first-order valence-corrected chi connectivity index (χ1v) is 6.56. The highest BCUT2D eigenvalue weighted by molar-refractivity contribution is 6.35. The minimum atomic E-state index is -0.189. The normalized spacial score (nSPS) is 12.3. The fourth-order valence-electron chi connectivity index (χ4n) is 1.62. The van der Waals surface area contributed by atoms with Crippen LogP contribution in [0.4, 0.5) is 0 Å². The third kappa shape index (κ3) is 4.48. The Morgan fingerprint density at radius 2 is 2.06 bits per heavy atom. The molecule has 1 N–H and O–H groups in total. The van der Waals surface area contributed by atoms with E-state index in [2.05, 4.69) is 5.32 Å². The maximum Gasteiger partial charge on any atom is 0.238 e. The molecule has 5 heteroatoms. The first-order valence-electron chi connectivity index (χ1n) is 5.80. The quantitative estimate of drug-likeness (QED) is 0.903. The highest BCUT2D eigenvalue weighted by atomic mass is 35.5. The summed E-state index contributed by atoms with van der Waals surface area (Å²) >= 11 is 11.9. The maximum absolute atomic E-state index is 11.6. The lowest BCUT2D eigenvalue weighted by atomic mass is 10.1. The number of benzene rings is 1. The molecule has 0 saturated heterocycles. The molecule has 0 saturated carbocycles. The van der Waals surface area contributed by atoms with Crippen LogP contribution >= 0.6 is 23.2 Å². The molecule has 0 bridgehead atoms. The van der Waals surface area contributed by atoms with Gasteiger partial charge < -0.3 is 10.2 Å². The molecule has 0 heterocycles. The zero-order chi connectivity index (χ0) is 13.7. The molecular weight excluding hydrogens is 271 g/mol. The van der Waals surface area contributed by atoms with Gasteiger partial charge in [-0.3, -0.25) is 4.79 Å². The van der Waals surface area contributed by atoms with Crippen LogP contribution in [0.5, 0.6) is 0 Å². The van der Waals surface area contributed by atoms with Crippen molar-refractivity contribution in [2.24, 2.45) is 0 Å². The Hall–Kier alpha value is -0.770. The second-order valence-electron chi connectivity index (χ2n) is 4.39. The Labute approximate surface area is 118 Å². The van der Waals surface area contributed by atoms with Gasteiger partial charge in [0.25, 0.3) is 0 Å². The molecule has 0 spiro atoms. The zero-order valence-corrected chi connectivity index (χ0v) is 12.3. The van der Waals surface area contributed by atoms with Crippen molar-refractivity contribution in [3.8, 4) is 0 Å². The summed E-state index contributed by atoms with van der Waals surface area (Å²) in [7, 11) is 3.49. The van der Waals surface area contributed by atoms with Gasteiger partial charge in [-0.05, 0) is 37.6 Å². The van der Waals surface area contributed by atoms with E-state index >= 15 is 0 Å². The summed E-state index contributed by atoms with van der Waals surface area (Å²) in [5.74, 6) is 0.0669. The Morgan fingerprint density at radius 1 is 1.39 bits per heavy atom. The number of carbonyl (C=O) groups is 1. The minimum Gasteiger partial charge on any atom is -0.347 e. The molecule has 18 heavy (non-hydrogen) atoms. The van der Waals surface area contributed by atoms with Crippen molar-refractivity contribution in [2.75, 3.05) is 20.6 Å². The number of rotatable bonds is 5. The molecule has 0 fully saturated rings. The van der Waals surface area contributed by atoms with Gasteiger partial charge in [-0.25, -0.2) is 0 Å². The number of amides is 1. The highest BCUT2D eigenvalue weighted by Crippen LogP contribution is 2.21. The van der Waals surface area contributed by atoms with Crippen molar-refractivity contribution in [1.82, 2.24) is 10.2 Å². The number of nitrogens with one attached hydrogen (secondary N) is 1. The van der Waals surface area contributed by atoms with E-state index in [0.717, 1.165) is 12.0 Å². The van der Waals surface area contributed by atoms with Crippen molar-refractivity contribution in [3.05, 3.63) is 33.8 Å². The molecule has 1 aromatic rings. The molecule has 0 radical (unpaired) electrons. The van der Waals surface area contributed by atoms with Crippen LogP contribution in [0.3, 0.4) is 0 Å². The number of halogens is 2. The molecule has 0 aliphatic rings. The van der Waals surface area contributed by atoms with Crippen molar-refractivity contribution in [3.63, 3.8) is 0 Å². The lowest BCUT2D eigenvalue weighted by Crippen LogP contribution is -2.42. The van der Waals surface area contributed by atoms with E-state index in [1.807, 2.05) is 19.1 Å². The van der Waals surface area contributed by atoms with Crippen molar-refractivity contribution in [1.29, 1.82) is 0 Å². The smallest absolute Gasteiger partial charge is 0.238 e. The topological polar surface area (TPSA) is 32.3 Å². The van der Waals surface area contributed by atoms with E-state index in [1.54, 1.807) is 25.1 Å². The van der Waals surface area contributed by atoms with E-state index in [-0.39, 0.29) is 11.9 Å². The molecule has 3 nitrogen and oxygen atoms in total. The van der Waals surface area contributed by atoms with Gasteiger partial charge in [-0.2, -0.15) is 0 Å². The molecule has 0 aliphatic carbocycles. The van der Waals surface area contributed by atoms with Gasteiger partial charge in [0.05, 0.1) is 6.04 Å². The molecule has 0 aliphatic heterocycles. The number of likely N-dealkylation sites (N-methyl/N-ethyl adjacent to an activating group) is 1. The van der Waals surface area contributed by atoms with Gasteiger partial charge in [0.15, 0.2) is 0 Å². The number of hydrogen-bond acceptors (Lipinski definition) is 2. The van der Waals surface area contributed by atoms with Gasteiger partial charge >= 0.3 is 0 Å². The van der Waals surface area contributed by atoms with E-state index in [9.17, 15) is 4.79 Å². The van der Waals surface area contributed by atoms with Gasteiger partial charge in [0.2, 0.25) is 5.91 Å². The van der Waals surface area contributed by atoms with Gasteiger partial charge in [0.1, 0.15) is 0 Å².